The molecule has 3 heterocycles. The summed E-state index contributed by atoms with van der Waals surface area (Å²) in [5, 5.41) is 14.2. The van der Waals surface area contributed by atoms with E-state index in [4.69, 9.17) is 0 Å². The van der Waals surface area contributed by atoms with Crippen molar-refractivity contribution in [2.75, 3.05) is 23.3 Å². The Morgan fingerprint density at radius 1 is 0.875 bits per heavy atom. The lowest BCUT2D eigenvalue weighted by Crippen LogP contribution is -2.37. The number of hydrogen-bond acceptors (Lipinski definition) is 5. The third kappa shape index (κ3) is 4.29. The predicted molar refractivity (Wildman–Crippen MR) is 131 cm³/mol. The smallest absolute Gasteiger partial charge is 0.235 e. The summed E-state index contributed by atoms with van der Waals surface area (Å²) < 4.78 is 0. The minimum Gasteiger partial charge on any atom is -0.355 e. The molecule has 6 heteroatoms. The average Bonchev–Trinajstić information content (AvgIpc) is 3.48. The van der Waals surface area contributed by atoms with Gasteiger partial charge >= 0.3 is 0 Å². The molecule has 1 aromatic carbocycles. The standard InChI is InChI=1S/C26H30N4OS/c31-25(26(15-3-4-16-26)23-8-7-19-32-23)27-21-11-9-20(10-12-21)22-13-14-24(29-28-22)30-17-5-1-2-6-18-30/h7-14,19H,1-6,15-18H2,(H,27,31). The first kappa shape index (κ1) is 21.1. The van der Waals surface area contributed by atoms with Crippen molar-refractivity contribution >= 4 is 28.7 Å². The van der Waals surface area contributed by atoms with Gasteiger partial charge in [0.2, 0.25) is 5.91 Å². The molecule has 0 unspecified atom stereocenters. The van der Waals surface area contributed by atoms with Crippen LogP contribution in [0.5, 0.6) is 0 Å². The van der Waals surface area contributed by atoms with Crippen molar-refractivity contribution in [1.29, 1.82) is 0 Å². The van der Waals surface area contributed by atoms with E-state index >= 15 is 0 Å². The van der Waals surface area contributed by atoms with Gasteiger partial charge in [-0.1, -0.05) is 43.9 Å². The summed E-state index contributed by atoms with van der Waals surface area (Å²) in [5.74, 6) is 1.08. The molecule has 5 nitrogen and oxygen atoms in total. The minimum absolute atomic E-state index is 0.117. The second kappa shape index (κ2) is 9.41. The number of rotatable bonds is 5. The molecule has 32 heavy (non-hydrogen) atoms. The fourth-order valence-corrected chi connectivity index (χ4v) is 6.02. The van der Waals surface area contributed by atoms with E-state index in [-0.39, 0.29) is 11.3 Å². The monoisotopic (exact) mass is 446 g/mol. The van der Waals surface area contributed by atoms with E-state index in [9.17, 15) is 4.79 Å². The number of carbonyl (C=O) groups is 1. The molecule has 2 aliphatic rings. The number of thiophene rings is 1. The molecule has 1 N–H and O–H groups in total. The molecule has 0 radical (unpaired) electrons. The largest absolute Gasteiger partial charge is 0.355 e. The van der Waals surface area contributed by atoms with Crippen LogP contribution in [0.25, 0.3) is 11.3 Å². The van der Waals surface area contributed by atoms with E-state index < -0.39 is 0 Å². The Balaban J connectivity index is 1.27. The topological polar surface area (TPSA) is 58.1 Å². The van der Waals surface area contributed by atoms with Crippen LogP contribution >= 0.6 is 11.3 Å². The SMILES string of the molecule is O=C(Nc1ccc(-c2ccc(N3CCCCCC3)nn2)cc1)C1(c2cccs2)CCCC1. The zero-order chi connectivity index (χ0) is 21.8. The number of carbonyl (C=O) groups excluding carboxylic acids is 1. The van der Waals surface area contributed by atoms with Crippen LogP contribution < -0.4 is 10.2 Å². The van der Waals surface area contributed by atoms with Crippen LogP contribution in [0.1, 0.15) is 56.2 Å². The van der Waals surface area contributed by atoms with E-state index in [0.29, 0.717) is 0 Å². The zero-order valence-corrected chi connectivity index (χ0v) is 19.2. The molecule has 0 spiro atoms. The van der Waals surface area contributed by atoms with E-state index in [1.807, 2.05) is 36.4 Å². The molecule has 1 aliphatic carbocycles. The van der Waals surface area contributed by atoms with Gasteiger partial charge in [-0.25, -0.2) is 0 Å². The number of nitrogens with zero attached hydrogens (tertiary/aromatic N) is 3. The first-order valence-electron chi connectivity index (χ1n) is 11.8. The molecule has 0 atom stereocenters. The summed E-state index contributed by atoms with van der Waals surface area (Å²) in [4.78, 5) is 16.8. The number of aromatic nitrogens is 2. The molecule has 1 saturated carbocycles. The van der Waals surface area contributed by atoms with Crippen LogP contribution in [0.15, 0.2) is 53.9 Å². The summed E-state index contributed by atoms with van der Waals surface area (Å²) in [6.45, 7) is 2.13. The lowest BCUT2D eigenvalue weighted by Gasteiger charge is -2.26. The summed E-state index contributed by atoms with van der Waals surface area (Å²) in [5.41, 5.74) is 2.32. The van der Waals surface area contributed by atoms with Crippen molar-refractivity contribution in [1.82, 2.24) is 10.2 Å². The van der Waals surface area contributed by atoms with Crippen molar-refractivity contribution in [3.8, 4) is 11.3 Å². The van der Waals surface area contributed by atoms with Crippen molar-refractivity contribution in [2.24, 2.45) is 0 Å². The maximum absolute atomic E-state index is 13.3. The van der Waals surface area contributed by atoms with E-state index in [1.165, 1.54) is 30.6 Å². The lowest BCUT2D eigenvalue weighted by atomic mass is 9.83. The average molecular weight is 447 g/mol. The van der Waals surface area contributed by atoms with E-state index in [1.54, 1.807) is 11.3 Å². The Labute approximate surface area is 193 Å². The summed E-state index contributed by atoms with van der Waals surface area (Å²) in [6, 6.07) is 16.2. The number of benzene rings is 1. The van der Waals surface area contributed by atoms with Crippen molar-refractivity contribution in [3.63, 3.8) is 0 Å². The number of nitrogens with one attached hydrogen (secondary N) is 1. The fourth-order valence-electron chi connectivity index (χ4n) is 5.04. The van der Waals surface area contributed by atoms with Crippen LogP contribution in [0.3, 0.4) is 0 Å². The minimum atomic E-state index is -0.374. The summed E-state index contributed by atoms with van der Waals surface area (Å²) in [6.07, 6.45) is 9.13. The first-order valence-corrected chi connectivity index (χ1v) is 12.7. The zero-order valence-electron chi connectivity index (χ0n) is 18.4. The van der Waals surface area contributed by atoms with Crippen molar-refractivity contribution in [3.05, 3.63) is 58.8 Å². The van der Waals surface area contributed by atoms with Gasteiger partial charge in [0.05, 0.1) is 11.1 Å². The maximum Gasteiger partial charge on any atom is 0.235 e. The normalized spacial score (nSPS) is 18.3. The molecule has 166 valence electrons. The van der Waals surface area contributed by atoms with E-state index in [2.05, 4.69) is 37.9 Å². The highest BCUT2D eigenvalue weighted by Crippen LogP contribution is 2.44. The van der Waals surface area contributed by atoms with Gasteiger partial charge in [-0.05, 0) is 61.4 Å². The van der Waals surface area contributed by atoms with Crippen LogP contribution in [-0.2, 0) is 10.2 Å². The van der Waals surface area contributed by atoms with Gasteiger partial charge in [0.1, 0.15) is 0 Å². The highest BCUT2D eigenvalue weighted by molar-refractivity contribution is 7.10. The molecule has 5 rings (SSSR count). The van der Waals surface area contributed by atoms with Gasteiger partial charge in [0.15, 0.2) is 5.82 Å². The Morgan fingerprint density at radius 2 is 1.62 bits per heavy atom. The van der Waals surface area contributed by atoms with Crippen molar-refractivity contribution in [2.45, 2.75) is 56.8 Å². The van der Waals surface area contributed by atoms with Crippen LogP contribution in [0.4, 0.5) is 11.5 Å². The highest BCUT2D eigenvalue weighted by Gasteiger charge is 2.43. The fraction of sp³-hybridized carbons (Fsp3) is 0.423. The molecule has 2 fully saturated rings. The molecule has 1 aliphatic heterocycles. The molecular weight excluding hydrogens is 416 g/mol. The predicted octanol–water partition coefficient (Wildman–Crippen LogP) is 6.04. The number of amides is 1. The second-order valence-corrected chi connectivity index (χ2v) is 9.92. The maximum atomic E-state index is 13.3. The number of hydrogen-bond donors (Lipinski definition) is 1. The van der Waals surface area contributed by atoms with Crippen LogP contribution in [0, 0.1) is 0 Å². The van der Waals surface area contributed by atoms with Gasteiger partial charge in [0, 0.05) is 29.2 Å². The Kier molecular flexibility index (Phi) is 6.21. The molecule has 1 saturated heterocycles. The quantitative estimate of drug-likeness (QED) is 0.519. The van der Waals surface area contributed by atoms with Gasteiger partial charge in [-0.2, -0.15) is 0 Å². The van der Waals surface area contributed by atoms with Gasteiger partial charge < -0.3 is 10.2 Å². The van der Waals surface area contributed by atoms with Gasteiger partial charge in [-0.15, -0.1) is 21.5 Å². The molecule has 3 aromatic rings. The Bertz CT molecular complexity index is 1020. The summed E-state index contributed by atoms with van der Waals surface area (Å²) >= 11 is 1.69. The van der Waals surface area contributed by atoms with Crippen LogP contribution in [-0.4, -0.2) is 29.2 Å². The van der Waals surface area contributed by atoms with Crippen LogP contribution in [0.2, 0.25) is 0 Å². The van der Waals surface area contributed by atoms with Gasteiger partial charge in [0.25, 0.3) is 0 Å². The molecular formula is C26H30N4OS. The highest BCUT2D eigenvalue weighted by atomic mass is 32.1. The Morgan fingerprint density at radius 3 is 2.25 bits per heavy atom. The third-order valence-corrected chi connectivity index (χ3v) is 7.98. The summed E-state index contributed by atoms with van der Waals surface area (Å²) in [7, 11) is 0. The molecule has 1 amide bonds. The second-order valence-electron chi connectivity index (χ2n) is 8.98. The number of anilines is 2. The lowest BCUT2D eigenvalue weighted by molar-refractivity contribution is -0.121. The molecule has 0 bridgehead atoms. The molecule has 2 aromatic heterocycles. The van der Waals surface area contributed by atoms with Crippen molar-refractivity contribution < 1.29 is 4.79 Å². The van der Waals surface area contributed by atoms with E-state index in [0.717, 1.165) is 61.5 Å². The third-order valence-electron chi connectivity index (χ3n) is 6.90. The Hall–Kier alpha value is -2.73. The first-order chi connectivity index (χ1) is 15.7. The van der Waals surface area contributed by atoms with Gasteiger partial charge in [-0.3, -0.25) is 4.79 Å².